The predicted molar refractivity (Wildman–Crippen MR) is 134 cm³/mol. The second-order valence-corrected chi connectivity index (χ2v) is 9.59. The van der Waals surface area contributed by atoms with Gasteiger partial charge in [0, 0.05) is 44.2 Å². The van der Waals surface area contributed by atoms with E-state index < -0.39 is 12.0 Å². The van der Waals surface area contributed by atoms with Crippen molar-refractivity contribution in [2.24, 2.45) is 5.73 Å². The molecular weight excluding hydrogens is 448 g/mol. The van der Waals surface area contributed by atoms with Crippen molar-refractivity contribution in [3.63, 3.8) is 0 Å². The number of benzene rings is 1. The maximum Gasteiger partial charge on any atom is 0.404 e. The summed E-state index contributed by atoms with van der Waals surface area (Å²) in [5.74, 6) is 0.909. The molecule has 10 nitrogen and oxygen atoms in total. The highest BCUT2D eigenvalue weighted by Crippen LogP contribution is 2.33. The number of nitrogens with one attached hydrogen (secondary N) is 2. The number of hydrogen-bond acceptors (Lipinski definition) is 7. The number of anilines is 3. The maximum absolute atomic E-state index is 12.2. The standard InChI is InChI=1S/C25H34N6O4/c1-15(2)17-10-18(16-5-8-35-9-6-16)12-20(11-17)28-23-21(22(26)32)13-27-24(30-23)31-7-3-4-19(14-31)29-25(33)34/h10-13,15-16,19,29H,3-9,14H2,1-2H3,(H2,26,32)(H,33,34)(H,27,28,30)/t19-/m0/s1. The minimum Gasteiger partial charge on any atom is -0.465 e. The summed E-state index contributed by atoms with van der Waals surface area (Å²) in [7, 11) is 0. The first-order valence-corrected chi connectivity index (χ1v) is 12.2. The van der Waals surface area contributed by atoms with Crippen molar-refractivity contribution in [1.29, 1.82) is 0 Å². The van der Waals surface area contributed by atoms with Gasteiger partial charge in [0.25, 0.3) is 5.91 Å². The van der Waals surface area contributed by atoms with Crippen molar-refractivity contribution in [3.05, 3.63) is 41.1 Å². The van der Waals surface area contributed by atoms with Crippen LogP contribution in [0.25, 0.3) is 0 Å². The molecule has 35 heavy (non-hydrogen) atoms. The van der Waals surface area contributed by atoms with Crippen LogP contribution < -0.4 is 21.3 Å². The van der Waals surface area contributed by atoms with Gasteiger partial charge in [-0.1, -0.05) is 19.9 Å². The van der Waals surface area contributed by atoms with E-state index in [1.54, 1.807) is 0 Å². The van der Waals surface area contributed by atoms with Crippen molar-refractivity contribution in [2.45, 2.75) is 57.4 Å². The highest BCUT2D eigenvalue weighted by molar-refractivity contribution is 5.98. The Bertz CT molecular complexity index is 1070. The molecule has 5 N–H and O–H groups in total. The summed E-state index contributed by atoms with van der Waals surface area (Å²) in [6, 6.07) is 6.24. The molecule has 2 amide bonds. The number of primary amides is 1. The molecule has 3 heterocycles. The summed E-state index contributed by atoms with van der Waals surface area (Å²) in [4.78, 5) is 34.2. The van der Waals surface area contributed by atoms with E-state index in [1.807, 2.05) is 4.90 Å². The van der Waals surface area contributed by atoms with Crippen LogP contribution in [0.3, 0.4) is 0 Å². The maximum atomic E-state index is 12.2. The topological polar surface area (TPSA) is 143 Å². The molecular formula is C25H34N6O4. The molecule has 2 aromatic rings. The van der Waals surface area contributed by atoms with Crippen LogP contribution in [0.1, 0.15) is 72.9 Å². The average Bonchev–Trinajstić information content (AvgIpc) is 2.84. The lowest BCUT2D eigenvalue weighted by Gasteiger charge is -2.32. The number of ether oxygens (including phenoxy) is 1. The Balaban J connectivity index is 1.64. The molecule has 188 valence electrons. The number of piperidine rings is 1. The molecule has 0 bridgehead atoms. The second kappa shape index (κ2) is 10.9. The normalized spacial score (nSPS) is 18.9. The molecule has 1 atom stereocenters. The van der Waals surface area contributed by atoms with Crippen LogP contribution in [0.4, 0.5) is 22.2 Å². The summed E-state index contributed by atoms with van der Waals surface area (Å²) in [6.45, 7) is 6.98. The number of amides is 2. The molecule has 4 rings (SSSR count). The largest absolute Gasteiger partial charge is 0.465 e. The summed E-state index contributed by atoms with van der Waals surface area (Å²) < 4.78 is 5.54. The van der Waals surface area contributed by atoms with E-state index in [9.17, 15) is 9.59 Å². The van der Waals surface area contributed by atoms with E-state index in [2.05, 4.69) is 52.6 Å². The number of hydrogen-bond donors (Lipinski definition) is 4. The van der Waals surface area contributed by atoms with E-state index in [4.69, 9.17) is 15.6 Å². The van der Waals surface area contributed by atoms with E-state index in [-0.39, 0.29) is 11.6 Å². The van der Waals surface area contributed by atoms with Crippen LogP contribution in [0.5, 0.6) is 0 Å². The van der Waals surface area contributed by atoms with Gasteiger partial charge in [0.15, 0.2) is 0 Å². The average molecular weight is 483 g/mol. The first-order valence-electron chi connectivity index (χ1n) is 12.2. The van der Waals surface area contributed by atoms with E-state index >= 15 is 0 Å². The quantitative estimate of drug-likeness (QED) is 0.469. The third-order valence-corrected chi connectivity index (χ3v) is 6.67. The lowest BCUT2D eigenvalue weighted by atomic mass is 9.88. The van der Waals surface area contributed by atoms with Crippen molar-refractivity contribution in [2.75, 3.05) is 36.5 Å². The van der Waals surface area contributed by atoms with Gasteiger partial charge in [-0.3, -0.25) is 4.79 Å². The van der Waals surface area contributed by atoms with Gasteiger partial charge in [0.1, 0.15) is 11.4 Å². The van der Waals surface area contributed by atoms with E-state index in [1.165, 1.54) is 17.3 Å². The van der Waals surface area contributed by atoms with Gasteiger partial charge >= 0.3 is 6.09 Å². The van der Waals surface area contributed by atoms with Gasteiger partial charge in [-0.15, -0.1) is 0 Å². The molecule has 2 aliphatic rings. The molecule has 0 saturated carbocycles. The van der Waals surface area contributed by atoms with E-state index in [0.717, 1.165) is 44.6 Å². The number of aromatic nitrogens is 2. The summed E-state index contributed by atoms with van der Waals surface area (Å²) in [5, 5.41) is 14.9. The Labute approximate surface area is 205 Å². The van der Waals surface area contributed by atoms with Gasteiger partial charge in [-0.25, -0.2) is 9.78 Å². The molecule has 2 saturated heterocycles. The fraction of sp³-hybridized carbons (Fsp3) is 0.520. The third kappa shape index (κ3) is 6.19. The SMILES string of the molecule is CC(C)c1cc(Nc2nc(N3CCC[C@H](NC(=O)O)C3)ncc2C(N)=O)cc(C2CCOCC2)c1. The lowest BCUT2D eigenvalue weighted by Crippen LogP contribution is -2.48. The summed E-state index contributed by atoms with van der Waals surface area (Å²) in [6.07, 6.45) is 3.91. The Morgan fingerprint density at radius 1 is 1.20 bits per heavy atom. The zero-order valence-electron chi connectivity index (χ0n) is 20.3. The molecule has 0 unspecified atom stereocenters. The molecule has 10 heteroatoms. The van der Waals surface area contributed by atoms with Crippen LogP contribution in [0, 0.1) is 0 Å². The van der Waals surface area contributed by atoms with Crippen LogP contribution in [0.15, 0.2) is 24.4 Å². The molecule has 2 aliphatic heterocycles. The third-order valence-electron chi connectivity index (χ3n) is 6.67. The molecule has 1 aromatic carbocycles. The minimum atomic E-state index is -1.05. The van der Waals surface area contributed by atoms with Gasteiger partial charge in [-0.05, 0) is 60.8 Å². The van der Waals surface area contributed by atoms with Crippen molar-refractivity contribution < 1.29 is 19.4 Å². The number of carbonyl (C=O) groups is 2. The summed E-state index contributed by atoms with van der Waals surface area (Å²) in [5.41, 5.74) is 9.13. The monoisotopic (exact) mass is 482 g/mol. The van der Waals surface area contributed by atoms with Crippen LogP contribution in [-0.2, 0) is 4.74 Å². The number of carbonyl (C=O) groups excluding carboxylic acids is 1. The second-order valence-electron chi connectivity index (χ2n) is 9.59. The van der Waals surface area contributed by atoms with Crippen molar-refractivity contribution in [3.8, 4) is 0 Å². The number of nitrogens with zero attached hydrogens (tertiary/aromatic N) is 3. The van der Waals surface area contributed by atoms with Crippen molar-refractivity contribution in [1.82, 2.24) is 15.3 Å². The fourth-order valence-electron chi connectivity index (χ4n) is 4.74. The van der Waals surface area contributed by atoms with Crippen LogP contribution >= 0.6 is 0 Å². The minimum absolute atomic E-state index is 0.202. The Kier molecular flexibility index (Phi) is 7.70. The van der Waals surface area contributed by atoms with Crippen LogP contribution in [-0.4, -0.2) is 59.4 Å². The van der Waals surface area contributed by atoms with Gasteiger partial charge in [0.2, 0.25) is 5.95 Å². The number of carboxylic acid groups (broad SMARTS) is 1. The Morgan fingerprint density at radius 2 is 1.97 bits per heavy atom. The number of rotatable bonds is 7. The Hall–Kier alpha value is -3.40. The lowest BCUT2D eigenvalue weighted by molar-refractivity contribution is 0.0853. The highest BCUT2D eigenvalue weighted by atomic mass is 16.5. The van der Waals surface area contributed by atoms with Crippen LogP contribution in [0.2, 0.25) is 0 Å². The molecule has 2 fully saturated rings. The fourth-order valence-corrected chi connectivity index (χ4v) is 4.74. The predicted octanol–water partition coefficient (Wildman–Crippen LogP) is 3.57. The van der Waals surface area contributed by atoms with Gasteiger partial charge in [-0.2, -0.15) is 4.98 Å². The van der Waals surface area contributed by atoms with Crippen molar-refractivity contribution >= 4 is 29.5 Å². The first-order chi connectivity index (χ1) is 16.8. The van der Waals surface area contributed by atoms with E-state index in [0.29, 0.717) is 36.7 Å². The summed E-state index contributed by atoms with van der Waals surface area (Å²) >= 11 is 0. The molecule has 0 aliphatic carbocycles. The molecule has 1 aromatic heterocycles. The highest BCUT2D eigenvalue weighted by Gasteiger charge is 2.25. The smallest absolute Gasteiger partial charge is 0.404 e. The molecule has 0 radical (unpaired) electrons. The van der Waals surface area contributed by atoms with Gasteiger partial charge < -0.3 is 31.1 Å². The zero-order chi connectivity index (χ0) is 24.9. The zero-order valence-corrected chi connectivity index (χ0v) is 20.3. The first kappa shape index (κ1) is 24.7. The number of nitrogens with two attached hydrogens (primary N) is 1. The Morgan fingerprint density at radius 3 is 2.66 bits per heavy atom. The molecule has 0 spiro atoms. The van der Waals surface area contributed by atoms with Gasteiger partial charge in [0.05, 0.1) is 0 Å².